The number of ether oxygens (including phenoxy) is 1. The van der Waals surface area contributed by atoms with Crippen molar-refractivity contribution in [3.8, 4) is 0 Å². The first-order valence-electron chi connectivity index (χ1n) is 5.83. The third-order valence-electron chi connectivity index (χ3n) is 2.49. The molecule has 0 aromatic carbocycles. The summed E-state index contributed by atoms with van der Waals surface area (Å²) < 4.78 is 4.52. The molecule has 7 nitrogen and oxygen atoms in total. The van der Waals surface area contributed by atoms with Crippen molar-refractivity contribution in [3.05, 3.63) is 24.0 Å². The van der Waals surface area contributed by atoms with Gasteiger partial charge in [-0.15, -0.1) is 0 Å². The van der Waals surface area contributed by atoms with E-state index < -0.39 is 17.8 Å². The molecule has 2 amide bonds. The molecule has 1 aromatic heterocycles. The van der Waals surface area contributed by atoms with E-state index in [1.54, 1.807) is 23.2 Å². The van der Waals surface area contributed by atoms with E-state index in [-0.39, 0.29) is 13.1 Å². The number of H-pyrrole nitrogens is 1. The lowest BCUT2D eigenvalue weighted by Gasteiger charge is -2.17. The Hall–Kier alpha value is -2.15. The van der Waals surface area contributed by atoms with Gasteiger partial charge in [0.15, 0.2) is 0 Å². The predicted molar refractivity (Wildman–Crippen MR) is 67.4 cm³/mol. The van der Waals surface area contributed by atoms with Gasteiger partial charge in [0, 0.05) is 6.20 Å². The zero-order valence-corrected chi connectivity index (χ0v) is 10.9. The van der Waals surface area contributed by atoms with Crippen LogP contribution in [0.1, 0.15) is 17.4 Å². The number of amides is 2. The standard InChI is InChI=1S/C12H17N3O4/c1-3-15(8-11(17)19-2)7-10(16)14-12(18)9-5-4-6-13-9/h4-6,13H,3,7-8H2,1-2H3,(H,14,16,18). The second-order valence-electron chi connectivity index (χ2n) is 3.84. The van der Waals surface area contributed by atoms with Gasteiger partial charge in [0.2, 0.25) is 5.91 Å². The highest BCUT2D eigenvalue weighted by Crippen LogP contribution is 1.94. The molecule has 1 aromatic rings. The first-order chi connectivity index (χ1) is 9.06. The lowest BCUT2D eigenvalue weighted by atomic mass is 10.4. The van der Waals surface area contributed by atoms with Crippen LogP contribution in [0.3, 0.4) is 0 Å². The SMILES string of the molecule is CCN(CC(=O)NC(=O)c1ccc[nH]1)CC(=O)OC. The number of rotatable bonds is 6. The van der Waals surface area contributed by atoms with Crippen molar-refractivity contribution < 1.29 is 19.1 Å². The number of nitrogens with zero attached hydrogens (tertiary/aromatic N) is 1. The molecule has 1 rings (SSSR count). The number of carbonyl (C=O) groups is 3. The van der Waals surface area contributed by atoms with E-state index in [9.17, 15) is 14.4 Å². The lowest BCUT2D eigenvalue weighted by molar-refractivity contribution is -0.142. The van der Waals surface area contributed by atoms with Crippen LogP contribution in [-0.4, -0.2) is 54.4 Å². The third kappa shape index (κ3) is 4.92. The first-order valence-corrected chi connectivity index (χ1v) is 5.83. The van der Waals surface area contributed by atoms with Gasteiger partial charge in [-0.05, 0) is 18.7 Å². The maximum absolute atomic E-state index is 11.6. The quantitative estimate of drug-likeness (QED) is 0.694. The fraction of sp³-hybridized carbons (Fsp3) is 0.417. The van der Waals surface area contributed by atoms with Gasteiger partial charge in [0.25, 0.3) is 5.91 Å². The lowest BCUT2D eigenvalue weighted by Crippen LogP contribution is -2.42. The molecular formula is C12H17N3O4. The van der Waals surface area contributed by atoms with Gasteiger partial charge in [0.1, 0.15) is 5.69 Å². The third-order valence-corrected chi connectivity index (χ3v) is 2.49. The van der Waals surface area contributed by atoms with Crippen LogP contribution >= 0.6 is 0 Å². The fourth-order valence-electron chi connectivity index (χ4n) is 1.43. The molecule has 104 valence electrons. The maximum Gasteiger partial charge on any atom is 0.319 e. The zero-order valence-electron chi connectivity index (χ0n) is 10.9. The summed E-state index contributed by atoms with van der Waals surface area (Å²) in [5.41, 5.74) is 0.310. The van der Waals surface area contributed by atoms with E-state index >= 15 is 0 Å². The van der Waals surface area contributed by atoms with E-state index in [1.807, 2.05) is 6.92 Å². The van der Waals surface area contributed by atoms with Crippen LogP contribution in [-0.2, 0) is 14.3 Å². The molecule has 1 heterocycles. The molecule has 0 atom stereocenters. The Balaban J connectivity index is 2.45. The van der Waals surface area contributed by atoms with E-state index in [1.165, 1.54) is 7.11 Å². The summed E-state index contributed by atoms with van der Waals surface area (Å²) in [5.74, 6) is -1.39. The monoisotopic (exact) mass is 267 g/mol. The van der Waals surface area contributed by atoms with Gasteiger partial charge in [-0.2, -0.15) is 0 Å². The van der Waals surface area contributed by atoms with Crippen molar-refractivity contribution in [2.45, 2.75) is 6.92 Å². The Labute approximate surface area is 110 Å². The molecule has 0 saturated heterocycles. The minimum absolute atomic E-state index is 0.0110. The molecule has 0 radical (unpaired) electrons. The second kappa shape index (κ2) is 7.32. The first kappa shape index (κ1) is 14.9. The van der Waals surface area contributed by atoms with Gasteiger partial charge in [0.05, 0.1) is 20.2 Å². The summed E-state index contributed by atoms with van der Waals surface area (Å²) in [7, 11) is 1.28. The summed E-state index contributed by atoms with van der Waals surface area (Å²) in [6, 6.07) is 3.23. The Bertz CT molecular complexity index is 442. The number of aromatic nitrogens is 1. The number of aromatic amines is 1. The van der Waals surface area contributed by atoms with Gasteiger partial charge < -0.3 is 9.72 Å². The summed E-state index contributed by atoms with van der Waals surface area (Å²) in [6.07, 6.45) is 1.59. The van der Waals surface area contributed by atoms with Crippen molar-refractivity contribution in [1.82, 2.24) is 15.2 Å². The molecule has 0 unspecified atom stereocenters. The smallest absolute Gasteiger partial charge is 0.319 e. The number of hydrogen-bond acceptors (Lipinski definition) is 5. The number of carbonyl (C=O) groups excluding carboxylic acids is 3. The Morgan fingerprint density at radius 2 is 2.11 bits per heavy atom. The molecular weight excluding hydrogens is 250 g/mol. The molecule has 0 aliphatic carbocycles. The summed E-state index contributed by atoms with van der Waals surface area (Å²) in [6.45, 7) is 2.28. The van der Waals surface area contributed by atoms with E-state index in [0.29, 0.717) is 12.2 Å². The number of esters is 1. The zero-order chi connectivity index (χ0) is 14.3. The highest BCUT2D eigenvalue weighted by Gasteiger charge is 2.16. The normalized spacial score (nSPS) is 10.3. The van der Waals surface area contributed by atoms with Crippen molar-refractivity contribution in [2.24, 2.45) is 0 Å². The number of hydrogen-bond donors (Lipinski definition) is 2. The highest BCUT2D eigenvalue weighted by atomic mass is 16.5. The summed E-state index contributed by atoms with van der Waals surface area (Å²) in [5, 5.41) is 2.24. The minimum atomic E-state index is -0.496. The topological polar surface area (TPSA) is 91.5 Å². The number of nitrogens with one attached hydrogen (secondary N) is 2. The van der Waals surface area contributed by atoms with Crippen LogP contribution in [0.4, 0.5) is 0 Å². The predicted octanol–water partition coefficient (Wildman–Crippen LogP) is -0.234. The molecule has 0 aliphatic heterocycles. The average molecular weight is 267 g/mol. The molecule has 0 aliphatic rings. The van der Waals surface area contributed by atoms with Crippen molar-refractivity contribution in [3.63, 3.8) is 0 Å². The van der Waals surface area contributed by atoms with E-state index in [4.69, 9.17) is 0 Å². The highest BCUT2D eigenvalue weighted by molar-refractivity contribution is 6.04. The molecule has 19 heavy (non-hydrogen) atoms. The Morgan fingerprint density at radius 3 is 2.63 bits per heavy atom. The molecule has 0 saturated carbocycles. The van der Waals surface area contributed by atoms with Crippen molar-refractivity contribution in [2.75, 3.05) is 26.7 Å². The molecule has 0 spiro atoms. The van der Waals surface area contributed by atoms with Crippen LogP contribution in [0, 0.1) is 0 Å². The van der Waals surface area contributed by atoms with Gasteiger partial charge in [-0.25, -0.2) is 0 Å². The average Bonchev–Trinajstić information content (AvgIpc) is 2.91. The van der Waals surface area contributed by atoms with E-state index in [2.05, 4.69) is 15.0 Å². The Morgan fingerprint density at radius 1 is 1.37 bits per heavy atom. The molecule has 2 N–H and O–H groups in total. The van der Waals surface area contributed by atoms with Crippen LogP contribution in [0.25, 0.3) is 0 Å². The van der Waals surface area contributed by atoms with Gasteiger partial charge >= 0.3 is 5.97 Å². The second-order valence-corrected chi connectivity index (χ2v) is 3.84. The number of methoxy groups -OCH3 is 1. The van der Waals surface area contributed by atoms with E-state index in [0.717, 1.165) is 0 Å². The largest absolute Gasteiger partial charge is 0.468 e. The van der Waals surface area contributed by atoms with Gasteiger partial charge in [-0.3, -0.25) is 24.6 Å². The summed E-state index contributed by atoms with van der Waals surface area (Å²) >= 11 is 0. The van der Waals surface area contributed by atoms with Crippen LogP contribution < -0.4 is 5.32 Å². The molecule has 7 heteroatoms. The minimum Gasteiger partial charge on any atom is -0.468 e. The fourth-order valence-corrected chi connectivity index (χ4v) is 1.43. The molecule has 0 bridgehead atoms. The maximum atomic E-state index is 11.6. The van der Waals surface area contributed by atoms with Crippen molar-refractivity contribution in [1.29, 1.82) is 0 Å². The summed E-state index contributed by atoms with van der Waals surface area (Å²) in [4.78, 5) is 38.6. The number of likely N-dealkylation sites (N-methyl/N-ethyl adjacent to an activating group) is 1. The van der Waals surface area contributed by atoms with Crippen LogP contribution in [0.15, 0.2) is 18.3 Å². The Kier molecular flexibility index (Phi) is 5.74. The molecule has 0 fully saturated rings. The van der Waals surface area contributed by atoms with Crippen molar-refractivity contribution >= 4 is 17.8 Å². The van der Waals surface area contributed by atoms with Gasteiger partial charge in [-0.1, -0.05) is 6.92 Å². The number of imide groups is 1. The van der Waals surface area contributed by atoms with Crippen LogP contribution in [0.5, 0.6) is 0 Å². The van der Waals surface area contributed by atoms with Crippen LogP contribution in [0.2, 0.25) is 0 Å².